The lowest BCUT2D eigenvalue weighted by molar-refractivity contribution is 0.226. The first-order valence-electron chi connectivity index (χ1n) is 7.35. The third-order valence-electron chi connectivity index (χ3n) is 4.92. The lowest BCUT2D eigenvalue weighted by Gasteiger charge is -2.40. The number of aryl methyl sites for hydroxylation is 1. The van der Waals surface area contributed by atoms with Crippen molar-refractivity contribution in [3.05, 3.63) is 23.4 Å². The summed E-state index contributed by atoms with van der Waals surface area (Å²) in [5.74, 6) is 0.898. The number of hydrogen-bond donors (Lipinski definition) is 0. The van der Waals surface area contributed by atoms with Gasteiger partial charge in [0.05, 0.1) is 5.56 Å². The summed E-state index contributed by atoms with van der Waals surface area (Å²) in [4.78, 5) is 6.90. The van der Waals surface area contributed by atoms with Gasteiger partial charge in [0.15, 0.2) is 0 Å². The standard InChI is InChI=1S/C16H21N3/c1-13-4-5-14(12-17)15(18-13)19-10-8-16(9-11-19)6-2-3-7-16/h4-5H,2-3,6-11H2,1H3. The Bertz CT molecular complexity index is 499. The van der Waals surface area contributed by atoms with Crippen molar-refractivity contribution < 1.29 is 0 Å². The molecule has 19 heavy (non-hydrogen) atoms. The normalized spacial score (nSPS) is 21.6. The fourth-order valence-corrected chi connectivity index (χ4v) is 3.69. The van der Waals surface area contributed by atoms with E-state index in [0.29, 0.717) is 11.0 Å². The first kappa shape index (κ1) is 12.5. The van der Waals surface area contributed by atoms with Crippen LogP contribution in [0.4, 0.5) is 5.82 Å². The lowest BCUT2D eigenvalue weighted by atomic mass is 9.77. The Morgan fingerprint density at radius 2 is 1.84 bits per heavy atom. The molecule has 0 unspecified atom stereocenters. The second kappa shape index (κ2) is 4.85. The van der Waals surface area contributed by atoms with Gasteiger partial charge in [-0.15, -0.1) is 0 Å². The van der Waals surface area contributed by atoms with Crippen LogP contribution in [0.3, 0.4) is 0 Å². The molecule has 1 aromatic rings. The summed E-state index contributed by atoms with van der Waals surface area (Å²) in [7, 11) is 0. The van der Waals surface area contributed by atoms with Crippen LogP contribution in [0.5, 0.6) is 0 Å². The molecule has 0 bridgehead atoms. The number of piperidine rings is 1. The van der Waals surface area contributed by atoms with Gasteiger partial charge < -0.3 is 4.90 Å². The van der Waals surface area contributed by atoms with Gasteiger partial charge in [0.2, 0.25) is 0 Å². The maximum atomic E-state index is 9.23. The zero-order chi connectivity index (χ0) is 13.3. The maximum Gasteiger partial charge on any atom is 0.146 e. The first-order valence-corrected chi connectivity index (χ1v) is 7.35. The average molecular weight is 255 g/mol. The maximum absolute atomic E-state index is 9.23. The molecule has 100 valence electrons. The van der Waals surface area contributed by atoms with E-state index in [1.807, 2.05) is 19.1 Å². The van der Waals surface area contributed by atoms with Crippen molar-refractivity contribution in [3.63, 3.8) is 0 Å². The summed E-state index contributed by atoms with van der Waals surface area (Å²) in [6.07, 6.45) is 8.18. The van der Waals surface area contributed by atoms with Crippen molar-refractivity contribution in [2.24, 2.45) is 5.41 Å². The molecule has 0 radical (unpaired) electrons. The van der Waals surface area contributed by atoms with Gasteiger partial charge in [0, 0.05) is 18.8 Å². The average Bonchev–Trinajstić information content (AvgIpc) is 2.88. The van der Waals surface area contributed by atoms with Crippen LogP contribution in [0.15, 0.2) is 12.1 Å². The van der Waals surface area contributed by atoms with Gasteiger partial charge in [-0.3, -0.25) is 0 Å². The fraction of sp³-hybridized carbons (Fsp3) is 0.625. The molecule has 0 N–H and O–H groups in total. The van der Waals surface area contributed by atoms with E-state index >= 15 is 0 Å². The minimum absolute atomic E-state index is 0.618. The molecule has 1 saturated heterocycles. The molecule has 2 fully saturated rings. The van der Waals surface area contributed by atoms with Crippen molar-refractivity contribution in [2.75, 3.05) is 18.0 Å². The zero-order valence-corrected chi connectivity index (χ0v) is 11.7. The number of pyridine rings is 1. The molecule has 1 aliphatic heterocycles. The molecule has 1 aromatic heterocycles. The molecular weight excluding hydrogens is 234 g/mol. The number of aromatic nitrogens is 1. The molecule has 2 aliphatic rings. The van der Waals surface area contributed by atoms with E-state index in [2.05, 4.69) is 16.0 Å². The Morgan fingerprint density at radius 3 is 2.47 bits per heavy atom. The zero-order valence-electron chi connectivity index (χ0n) is 11.7. The Hall–Kier alpha value is -1.56. The topological polar surface area (TPSA) is 39.9 Å². The van der Waals surface area contributed by atoms with Gasteiger partial charge in [-0.2, -0.15) is 5.26 Å². The van der Waals surface area contributed by atoms with E-state index in [4.69, 9.17) is 0 Å². The summed E-state index contributed by atoms with van der Waals surface area (Å²) in [5, 5.41) is 9.23. The van der Waals surface area contributed by atoms with Crippen LogP contribution in [-0.2, 0) is 0 Å². The van der Waals surface area contributed by atoms with Crippen LogP contribution >= 0.6 is 0 Å². The van der Waals surface area contributed by atoms with Crippen molar-refractivity contribution in [1.29, 1.82) is 5.26 Å². The van der Waals surface area contributed by atoms with E-state index in [-0.39, 0.29) is 0 Å². The number of anilines is 1. The Labute approximate surface area is 115 Å². The quantitative estimate of drug-likeness (QED) is 0.772. The van der Waals surface area contributed by atoms with Crippen molar-refractivity contribution in [3.8, 4) is 6.07 Å². The van der Waals surface area contributed by atoms with Gasteiger partial charge in [-0.1, -0.05) is 12.8 Å². The van der Waals surface area contributed by atoms with Crippen molar-refractivity contribution >= 4 is 5.82 Å². The van der Waals surface area contributed by atoms with Crippen molar-refractivity contribution in [1.82, 2.24) is 4.98 Å². The smallest absolute Gasteiger partial charge is 0.146 e. The Balaban J connectivity index is 1.78. The summed E-state index contributed by atoms with van der Waals surface area (Å²) in [5.41, 5.74) is 2.33. The second-order valence-electron chi connectivity index (χ2n) is 6.13. The highest BCUT2D eigenvalue weighted by Crippen LogP contribution is 2.46. The summed E-state index contributed by atoms with van der Waals surface area (Å²) >= 11 is 0. The number of hydrogen-bond acceptors (Lipinski definition) is 3. The summed E-state index contributed by atoms with van der Waals surface area (Å²) in [6, 6.07) is 6.10. The van der Waals surface area contributed by atoms with Crippen LogP contribution in [-0.4, -0.2) is 18.1 Å². The Kier molecular flexibility index (Phi) is 3.18. The van der Waals surface area contributed by atoms with Crippen LogP contribution in [0.2, 0.25) is 0 Å². The largest absolute Gasteiger partial charge is 0.355 e. The number of rotatable bonds is 1. The van der Waals surface area contributed by atoms with E-state index in [9.17, 15) is 5.26 Å². The SMILES string of the molecule is Cc1ccc(C#N)c(N2CCC3(CCCC3)CC2)n1. The third kappa shape index (κ3) is 2.32. The highest BCUT2D eigenvalue weighted by Gasteiger charge is 2.37. The first-order chi connectivity index (χ1) is 9.22. The van der Waals surface area contributed by atoms with Gasteiger partial charge in [-0.05, 0) is 50.2 Å². The minimum atomic E-state index is 0.618. The predicted octanol–water partition coefficient (Wildman–Crippen LogP) is 3.42. The highest BCUT2D eigenvalue weighted by molar-refractivity contribution is 5.54. The number of nitrogens with zero attached hydrogens (tertiary/aromatic N) is 3. The molecule has 1 aliphatic carbocycles. The number of nitriles is 1. The van der Waals surface area contributed by atoms with E-state index < -0.39 is 0 Å². The van der Waals surface area contributed by atoms with Gasteiger partial charge in [-0.25, -0.2) is 4.98 Å². The van der Waals surface area contributed by atoms with E-state index in [1.165, 1.54) is 38.5 Å². The molecule has 0 amide bonds. The van der Waals surface area contributed by atoms with Gasteiger partial charge in [0.25, 0.3) is 0 Å². The highest BCUT2D eigenvalue weighted by atomic mass is 15.2. The molecule has 0 atom stereocenters. The van der Waals surface area contributed by atoms with Gasteiger partial charge in [0.1, 0.15) is 11.9 Å². The predicted molar refractivity (Wildman–Crippen MR) is 76.0 cm³/mol. The minimum Gasteiger partial charge on any atom is -0.355 e. The summed E-state index contributed by atoms with van der Waals surface area (Å²) in [6.45, 7) is 4.11. The fourth-order valence-electron chi connectivity index (χ4n) is 3.69. The van der Waals surface area contributed by atoms with Crippen LogP contribution in [0.1, 0.15) is 49.8 Å². The molecule has 3 nitrogen and oxygen atoms in total. The van der Waals surface area contributed by atoms with E-state index in [1.54, 1.807) is 0 Å². The van der Waals surface area contributed by atoms with Gasteiger partial charge >= 0.3 is 0 Å². The van der Waals surface area contributed by atoms with Crippen LogP contribution < -0.4 is 4.90 Å². The second-order valence-corrected chi connectivity index (χ2v) is 6.13. The van der Waals surface area contributed by atoms with Crippen LogP contribution in [0, 0.1) is 23.7 Å². The van der Waals surface area contributed by atoms with Crippen molar-refractivity contribution in [2.45, 2.75) is 45.4 Å². The lowest BCUT2D eigenvalue weighted by Crippen LogP contribution is -2.39. The molecule has 3 rings (SSSR count). The molecule has 0 aromatic carbocycles. The molecular formula is C16H21N3. The third-order valence-corrected chi connectivity index (χ3v) is 4.92. The molecule has 1 saturated carbocycles. The van der Waals surface area contributed by atoms with E-state index in [0.717, 1.165) is 24.6 Å². The molecule has 3 heteroatoms. The Morgan fingerprint density at radius 1 is 1.16 bits per heavy atom. The molecule has 2 heterocycles. The van der Waals surface area contributed by atoms with Crippen LogP contribution in [0.25, 0.3) is 0 Å². The summed E-state index contributed by atoms with van der Waals surface area (Å²) < 4.78 is 0. The molecule has 1 spiro atoms. The monoisotopic (exact) mass is 255 g/mol.